The van der Waals surface area contributed by atoms with E-state index in [0.29, 0.717) is 12.4 Å². The summed E-state index contributed by atoms with van der Waals surface area (Å²) >= 11 is 0. The minimum atomic E-state index is -0.514. The first-order valence-corrected chi connectivity index (χ1v) is 3.94. The lowest BCUT2D eigenvalue weighted by Crippen LogP contribution is -2.28. The van der Waals surface area contributed by atoms with Crippen LogP contribution in [-0.2, 0) is 6.61 Å². The van der Waals surface area contributed by atoms with Gasteiger partial charge < -0.3 is 21.1 Å². The molecule has 0 unspecified atom stereocenters. The molecule has 6 nitrogen and oxygen atoms in total. The van der Waals surface area contributed by atoms with Gasteiger partial charge in [-0.1, -0.05) is 6.08 Å². The van der Waals surface area contributed by atoms with Gasteiger partial charge in [-0.2, -0.15) is 0 Å². The molecule has 1 heterocycles. The van der Waals surface area contributed by atoms with E-state index in [2.05, 4.69) is 27.6 Å². The summed E-state index contributed by atoms with van der Waals surface area (Å²) in [6.45, 7) is 3.80. The maximum absolute atomic E-state index is 9.82. The van der Waals surface area contributed by atoms with Crippen LogP contribution in [0.5, 0.6) is 0 Å². The number of nitrogens with two attached hydrogens (primary N) is 1. The highest BCUT2D eigenvalue weighted by molar-refractivity contribution is 5.71. The van der Waals surface area contributed by atoms with E-state index < -0.39 is 6.03 Å². The Bertz CT molecular complexity index is 258. The summed E-state index contributed by atoms with van der Waals surface area (Å²) in [5.41, 5.74) is 4.68. The van der Waals surface area contributed by atoms with E-state index in [0.717, 1.165) is 0 Å². The molecule has 78 valence electrons. The molecule has 0 saturated carbocycles. The fourth-order valence-corrected chi connectivity index (χ4v) is 0.557. The minimum Gasteiger partial charge on any atom is -0.388 e. The second kappa shape index (κ2) is 7.81. The number of aromatic amines is 1. The number of amides is 2. The molecule has 1 aromatic rings. The number of rotatable bonds is 3. The number of primary amides is 1. The fourth-order valence-electron chi connectivity index (χ4n) is 0.557. The number of nitrogens with zero attached hydrogens (tertiary/aromatic N) is 1. The van der Waals surface area contributed by atoms with Gasteiger partial charge in [0, 0.05) is 18.9 Å². The van der Waals surface area contributed by atoms with Crippen LogP contribution in [0.1, 0.15) is 5.82 Å². The quantitative estimate of drug-likeness (QED) is 0.503. The van der Waals surface area contributed by atoms with Crippen molar-refractivity contribution in [1.82, 2.24) is 15.3 Å². The topological polar surface area (TPSA) is 104 Å². The lowest BCUT2D eigenvalue weighted by Gasteiger charge is -1.90. The summed E-state index contributed by atoms with van der Waals surface area (Å²) in [5, 5.41) is 10.6. The van der Waals surface area contributed by atoms with E-state index in [-0.39, 0.29) is 6.61 Å². The number of H-pyrrole nitrogens is 1. The first-order chi connectivity index (χ1) is 6.70. The predicted molar refractivity (Wildman–Crippen MR) is 52.3 cm³/mol. The van der Waals surface area contributed by atoms with Crippen LogP contribution >= 0.6 is 0 Å². The molecule has 0 aliphatic rings. The van der Waals surface area contributed by atoms with Gasteiger partial charge in [0.05, 0.1) is 0 Å². The fraction of sp³-hybridized carbons (Fsp3) is 0.250. The van der Waals surface area contributed by atoms with Crippen LogP contribution < -0.4 is 11.1 Å². The molecular formula is C8H14N4O2. The Hall–Kier alpha value is -1.82. The average molecular weight is 198 g/mol. The Morgan fingerprint density at radius 3 is 2.79 bits per heavy atom. The van der Waals surface area contributed by atoms with E-state index in [9.17, 15) is 4.79 Å². The molecule has 0 radical (unpaired) electrons. The highest BCUT2D eigenvalue weighted by atomic mass is 16.3. The van der Waals surface area contributed by atoms with Crippen LogP contribution in [0.25, 0.3) is 0 Å². The van der Waals surface area contributed by atoms with Crippen molar-refractivity contribution >= 4 is 6.03 Å². The first-order valence-electron chi connectivity index (χ1n) is 3.94. The van der Waals surface area contributed by atoms with Crippen molar-refractivity contribution in [3.63, 3.8) is 0 Å². The van der Waals surface area contributed by atoms with Crippen molar-refractivity contribution in [3.8, 4) is 0 Å². The molecule has 0 fully saturated rings. The van der Waals surface area contributed by atoms with Crippen molar-refractivity contribution in [2.45, 2.75) is 6.61 Å². The highest BCUT2D eigenvalue weighted by Crippen LogP contribution is 1.83. The van der Waals surface area contributed by atoms with Gasteiger partial charge in [0.1, 0.15) is 12.4 Å². The molecule has 6 heteroatoms. The van der Waals surface area contributed by atoms with Crippen molar-refractivity contribution < 1.29 is 9.90 Å². The normalized spacial score (nSPS) is 8.36. The van der Waals surface area contributed by atoms with Crippen LogP contribution in [0.3, 0.4) is 0 Å². The number of hydrogen-bond acceptors (Lipinski definition) is 3. The zero-order chi connectivity index (χ0) is 10.8. The van der Waals surface area contributed by atoms with Gasteiger partial charge >= 0.3 is 6.03 Å². The zero-order valence-electron chi connectivity index (χ0n) is 7.73. The number of urea groups is 1. The molecule has 14 heavy (non-hydrogen) atoms. The summed E-state index contributed by atoms with van der Waals surface area (Å²) < 4.78 is 0. The zero-order valence-corrected chi connectivity index (χ0v) is 7.73. The number of aliphatic hydroxyl groups excluding tert-OH is 1. The average Bonchev–Trinajstić information content (AvgIpc) is 2.68. The van der Waals surface area contributed by atoms with Gasteiger partial charge in [0.2, 0.25) is 0 Å². The monoisotopic (exact) mass is 198 g/mol. The molecule has 0 atom stereocenters. The number of aliphatic hydroxyl groups is 1. The van der Waals surface area contributed by atoms with Gasteiger partial charge in [-0.3, -0.25) is 0 Å². The van der Waals surface area contributed by atoms with E-state index in [1.165, 1.54) is 0 Å². The maximum atomic E-state index is 9.82. The number of hydrogen-bond donors (Lipinski definition) is 4. The molecule has 5 N–H and O–H groups in total. The largest absolute Gasteiger partial charge is 0.388 e. The van der Waals surface area contributed by atoms with Gasteiger partial charge in [-0.25, -0.2) is 9.78 Å². The highest BCUT2D eigenvalue weighted by Gasteiger charge is 1.84. The Balaban J connectivity index is 0.000000241. The van der Waals surface area contributed by atoms with Crippen LogP contribution in [0.4, 0.5) is 4.79 Å². The number of carbonyl (C=O) groups is 1. The lowest BCUT2D eigenvalue weighted by atomic mass is 10.6. The SMILES string of the molecule is C=CCNC(N)=O.OCc1ncc[nH]1. The second-order valence-electron chi connectivity index (χ2n) is 2.23. The van der Waals surface area contributed by atoms with Gasteiger partial charge in [0.25, 0.3) is 0 Å². The van der Waals surface area contributed by atoms with E-state index >= 15 is 0 Å². The van der Waals surface area contributed by atoms with Gasteiger partial charge in [0.15, 0.2) is 0 Å². The molecule has 1 rings (SSSR count). The second-order valence-corrected chi connectivity index (χ2v) is 2.23. The van der Waals surface area contributed by atoms with E-state index in [1.807, 2.05) is 0 Å². The summed E-state index contributed by atoms with van der Waals surface area (Å²) in [5.74, 6) is 0.611. The minimum absolute atomic E-state index is 0.00694. The van der Waals surface area contributed by atoms with Crippen molar-refractivity contribution in [3.05, 3.63) is 30.9 Å². The third kappa shape index (κ3) is 6.86. The van der Waals surface area contributed by atoms with E-state index in [1.54, 1.807) is 18.5 Å². The molecule has 1 aromatic heterocycles. The maximum Gasteiger partial charge on any atom is 0.312 e. The lowest BCUT2D eigenvalue weighted by molar-refractivity contribution is 0.250. The van der Waals surface area contributed by atoms with E-state index in [4.69, 9.17) is 5.11 Å². The van der Waals surface area contributed by atoms with Crippen LogP contribution in [0, 0.1) is 0 Å². The van der Waals surface area contributed by atoms with Crippen molar-refractivity contribution in [2.75, 3.05) is 6.54 Å². The summed E-state index contributed by atoms with van der Waals surface area (Å²) in [4.78, 5) is 16.3. The molecule has 0 bridgehead atoms. The van der Waals surface area contributed by atoms with Gasteiger partial charge in [-0.15, -0.1) is 6.58 Å². The summed E-state index contributed by atoms with van der Waals surface area (Å²) in [6, 6.07) is -0.514. The number of nitrogens with one attached hydrogen (secondary N) is 2. The molecule has 0 spiro atoms. The van der Waals surface area contributed by atoms with Crippen LogP contribution in [0.15, 0.2) is 25.0 Å². The molecular weight excluding hydrogens is 184 g/mol. The smallest absolute Gasteiger partial charge is 0.312 e. The standard InChI is InChI=1S/C4H6N2O.C4H8N2O/c7-3-4-5-1-2-6-4;1-2-3-6-4(5)7/h1-2,7H,3H2,(H,5,6);2H,1,3H2,(H3,5,6,7). The third-order valence-electron chi connectivity index (χ3n) is 1.13. The Morgan fingerprint density at radius 2 is 2.57 bits per heavy atom. The number of carbonyl (C=O) groups excluding carboxylic acids is 1. The summed E-state index contributed by atoms with van der Waals surface area (Å²) in [7, 11) is 0. The Morgan fingerprint density at radius 1 is 1.86 bits per heavy atom. The van der Waals surface area contributed by atoms with Crippen LogP contribution in [0.2, 0.25) is 0 Å². The molecule has 0 aromatic carbocycles. The Kier molecular flexibility index (Phi) is 6.79. The van der Waals surface area contributed by atoms with Gasteiger partial charge in [-0.05, 0) is 0 Å². The third-order valence-corrected chi connectivity index (χ3v) is 1.13. The number of imidazole rings is 1. The first kappa shape index (κ1) is 12.2. The van der Waals surface area contributed by atoms with Crippen molar-refractivity contribution in [2.24, 2.45) is 5.73 Å². The molecule has 2 amide bonds. The Labute approximate surface area is 81.8 Å². The van der Waals surface area contributed by atoms with Crippen molar-refractivity contribution in [1.29, 1.82) is 0 Å². The van der Waals surface area contributed by atoms with Crippen LogP contribution in [-0.4, -0.2) is 27.7 Å². The number of aromatic nitrogens is 2. The molecule has 0 saturated heterocycles. The predicted octanol–water partition coefficient (Wildman–Crippen LogP) is -0.257. The molecule has 0 aliphatic carbocycles. The summed E-state index contributed by atoms with van der Waals surface area (Å²) in [6.07, 6.45) is 4.84. The molecule has 0 aliphatic heterocycles.